The first-order chi connectivity index (χ1) is 8.69. The van der Waals surface area contributed by atoms with E-state index >= 15 is 0 Å². The number of nitrogens with one attached hydrogen (secondary N) is 1. The van der Waals surface area contributed by atoms with Gasteiger partial charge in [0, 0.05) is 4.88 Å². The molecule has 19 heavy (non-hydrogen) atoms. The van der Waals surface area contributed by atoms with E-state index in [1.165, 1.54) is 11.3 Å². The van der Waals surface area contributed by atoms with Crippen molar-refractivity contribution in [1.82, 2.24) is 5.32 Å². The zero-order chi connectivity index (χ0) is 14.6. The van der Waals surface area contributed by atoms with Crippen LogP contribution in [0.5, 0.6) is 0 Å². The summed E-state index contributed by atoms with van der Waals surface area (Å²) in [7, 11) is 0. The standard InChI is InChI=1S/C13H19NO4S/c1-8-9(5-6-19-8)10(7-11(15)16)14-12(17)18-13(2,3)4/h5-6,10H,7H2,1-4H3,(H,14,17)(H,15,16)/t10-/m1/s1. The largest absolute Gasteiger partial charge is 0.481 e. The Balaban J connectivity index is 2.79. The van der Waals surface area contributed by atoms with Crippen molar-refractivity contribution in [2.24, 2.45) is 0 Å². The molecule has 0 aromatic carbocycles. The van der Waals surface area contributed by atoms with Crippen LogP contribution in [0, 0.1) is 6.92 Å². The molecule has 2 N–H and O–H groups in total. The molecular weight excluding hydrogens is 266 g/mol. The Bertz CT molecular complexity index is 461. The number of ether oxygens (including phenoxy) is 1. The van der Waals surface area contributed by atoms with Gasteiger partial charge in [-0.2, -0.15) is 0 Å². The third-order valence-electron chi connectivity index (χ3n) is 2.34. The summed E-state index contributed by atoms with van der Waals surface area (Å²) in [5.74, 6) is -0.966. The molecule has 1 amide bonds. The summed E-state index contributed by atoms with van der Waals surface area (Å²) in [5.41, 5.74) is 0.208. The molecule has 0 aliphatic heterocycles. The van der Waals surface area contributed by atoms with E-state index in [4.69, 9.17) is 9.84 Å². The number of hydrogen-bond acceptors (Lipinski definition) is 4. The van der Waals surface area contributed by atoms with Gasteiger partial charge in [-0.25, -0.2) is 4.79 Å². The highest BCUT2D eigenvalue weighted by Gasteiger charge is 2.23. The van der Waals surface area contributed by atoms with E-state index in [1.54, 1.807) is 20.8 Å². The zero-order valence-electron chi connectivity index (χ0n) is 11.5. The maximum absolute atomic E-state index is 11.7. The van der Waals surface area contributed by atoms with Crippen LogP contribution in [0.3, 0.4) is 0 Å². The maximum atomic E-state index is 11.7. The van der Waals surface area contributed by atoms with Crippen LogP contribution >= 0.6 is 11.3 Å². The summed E-state index contributed by atoms with van der Waals surface area (Å²) in [4.78, 5) is 23.6. The van der Waals surface area contributed by atoms with Gasteiger partial charge in [-0.1, -0.05) is 0 Å². The number of carboxylic acid groups (broad SMARTS) is 1. The smallest absolute Gasteiger partial charge is 0.408 e. The van der Waals surface area contributed by atoms with Crippen LogP contribution in [0.2, 0.25) is 0 Å². The number of aliphatic carboxylic acids is 1. The lowest BCUT2D eigenvalue weighted by Crippen LogP contribution is -2.35. The number of carboxylic acids is 1. The Labute approximate surface area is 116 Å². The second kappa shape index (κ2) is 6.06. The number of rotatable bonds is 4. The first kappa shape index (κ1) is 15.5. The van der Waals surface area contributed by atoms with Crippen LogP contribution in [-0.4, -0.2) is 22.8 Å². The quantitative estimate of drug-likeness (QED) is 0.891. The lowest BCUT2D eigenvalue weighted by molar-refractivity contribution is -0.137. The van der Waals surface area contributed by atoms with Crippen LogP contribution in [0.4, 0.5) is 4.79 Å². The van der Waals surface area contributed by atoms with Gasteiger partial charge >= 0.3 is 12.1 Å². The highest BCUT2D eigenvalue weighted by atomic mass is 32.1. The van der Waals surface area contributed by atoms with Gasteiger partial charge in [-0.15, -0.1) is 11.3 Å². The van der Waals surface area contributed by atoms with Gasteiger partial charge < -0.3 is 15.2 Å². The van der Waals surface area contributed by atoms with E-state index < -0.39 is 23.7 Å². The zero-order valence-corrected chi connectivity index (χ0v) is 12.3. The van der Waals surface area contributed by atoms with Crippen LogP contribution in [-0.2, 0) is 9.53 Å². The molecule has 0 saturated carbocycles. The second-order valence-electron chi connectivity index (χ2n) is 5.23. The molecule has 0 spiro atoms. The van der Waals surface area contributed by atoms with Crippen molar-refractivity contribution in [1.29, 1.82) is 0 Å². The molecule has 6 heteroatoms. The first-order valence-electron chi connectivity index (χ1n) is 5.94. The van der Waals surface area contributed by atoms with Crippen molar-refractivity contribution < 1.29 is 19.4 Å². The van der Waals surface area contributed by atoms with Crippen LogP contribution in [0.15, 0.2) is 11.4 Å². The molecule has 0 bridgehead atoms. The molecule has 0 fully saturated rings. The van der Waals surface area contributed by atoms with Gasteiger partial charge in [0.2, 0.25) is 0 Å². The van der Waals surface area contributed by atoms with E-state index in [0.29, 0.717) is 0 Å². The minimum Gasteiger partial charge on any atom is -0.481 e. The fourth-order valence-corrected chi connectivity index (χ4v) is 2.38. The van der Waals surface area contributed by atoms with Crippen LogP contribution in [0.1, 0.15) is 43.7 Å². The van der Waals surface area contributed by atoms with E-state index in [-0.39, 0.29) is 6.42 Å². The van der Waals surface area contributed by atoms with Gasteiger partial charge in [-0.3, -0.25) is 4.79 Å². The fourth-order valence-electron chi connectivity index (χ4n) is 1.62. The number of amides is 1. The van der Waals surface area contributed by atoms with E-state index in [1.807, 2.05) is 18.4 Å². The molecule has 0 radical (unpaired) electrons. The van der Waals surface area contributed by atoms with Crippen molar-refractivity contribution in [2.45, 2.75) is 45.8 Å². The van der Waals surface area contributed by atoms with Crippen LogP contribution in [0.25, 0.3) is 0 Å². The molecule has 106 valence electrons. The molecule has 1 heterocycles. The van der Waals surface area contributed by atoms with E-state index in [9.17, 15) is 9.59 Å². The lowest BCUT2D eigenvalue weighted by atomic mass is 10.1. The topological polar surface area (TPSA) is 75.6 Å². The minimum absolute atomic E-state index is 0.170. The molecular formula is C13H19NO4S. The van der Waals surface area contributed by atoms with Gasteiger partial charge in [-0.05, 0) is 44.7 Å². The third kappa shape index (κ3) is 5.30. The van der Waals surface area contributed by atoms with Gasteiger partial charge in [0.15, 0.2) is 0 Å². The summed E-state index contributed by atoms with van der Waals surface area (Å²) < 4.78 is 5.15. The van der Waals surface area contributed by atoms with Gasteiger partial charge in [0.25, 0.3) is 0 Å². The highest BCUT2D eigenvalue weighted by molar-refractivity contribution is 7.10. The molecule has 0 aliphatic carbocycles. The molecule has 0 saturated heterocycles. The van der Waals surface area contributed by atoms with Crippen molar-refractivity contribution >= 4 is 23.4 Å². The van der Waals surface area contributed by atoms with Crippen molar-refractivity contribution in [3.63, 3.8) is 0 Å². The SMILES string of the molecule is Cc1sccc1[C@@H](CC(=O)O)NC(=O)OC(C)(C)C. The Hall–Kier alpha value is -1.56. The first-order valence-corrected chi connectivity index (χ1v) is 6.82. The van der Waals surface area contributed by atoms with E-state index in [0.717, 1.165) is 10.4 Å². The molecule has 1 rings (SSSR count). The number of aryl methyl sites for hydroxylation is 1. The van der Waals surface area contributed by atoms with Crippen LogP contribution < -0.4 is 5.32 Å². The number of carbonyl (C=O) groups excluding carboxylic acids is 1. The number of carbonyl (C=O) groups is 2. The van der Waals surface area contributed by atoms with E-state index in [2.05, 4.69) is 5.32 Å². The van der Waals surface area contributed by atoms with Gasteiger partial charge in [0.1, 0.15) is 5.60 Å². The number of thiophene rings is 1. The normalized spacial score (nSPS) is 12.8. The summed E-state index contributed by atoms with van der Waals surface area (Å²) >= 11 is 1.52. The summed E-state index contributed by atoms with van der Waals surface area (Å²) in [6, 6.07) is 1.25. The molecule has 1 aromatic heterocycles. The van der Waals surface area contributed by atoms with Crippen molar-refractivity contribution in [2.75, 3.05) is 0 Å². The summed E-state index contributed by atoms with van der Waals surface area (Å²) in [6.45, 7) is 7.17. The third-order valence-corrected chi connectivity index (χ3v) is 3.21. The average Bonchev–Trinajstić information content (AvgIpc) is 2.59. The predicted molar refractivity (Wildman–Crippen MR) is 73.4 cm³/mol. The second-order valence-corrected chi connectivity index (χ2v) is 6.35. The molecule has 1 atom stereocenters. The van der Waals surface area contributed by atoms with Gasteiger partial charge in [0.05, 0.1) is 12.5 Å². The summed E-state index contributed by atoms with van der Waals surface area (Å²) in [6.07, 6.45) is -0.777. The monoisotopic (exact) mass is 285 g/mol. The number of alkyl carbamates (subject to hydrolysis) is 1. The highest BCUT2D eigenvalue weighted by Crippen LogP contribution is 2.25. The Morgan fingerprint density at radius 3 is 2.53 bits per heavy atom. The van der Waals surface area contributed by atoms with Crippen molar-refractivity contribution in [3.8, 4) is 0 Å². The van der Waals surface area contributed by atoms with Crippen molar-refractivity contribution in [3.05, 3.63) is 21.9 Å². The lowest BCUT2D eigenvalue weighted by Gasteiger charge is -2.23. The molecule has 0 aliphatic rings. The Morgan fingerprint density at radius 2 is 2.11 bits per heavy atom. The average molecular weight is 285 g/mol. The maximum Gasteiger partial charge on any atom is 0.408 e. The fraction of sp³-hybridized carbons (Fsp3) is 0.538. The predicted octanol–water partition coefficient (Wildman–Crippen LogP) is 3.10. The summed E-state index contributed by atoms with van der Waals surface area (Å²) in [5, 5.41) is 13.4. The number of hydrogen-bond donors (Lipinski definition) is 2. The Morgan fingerprint density at radius 1 is 1.47 bits per heavy atom. The molecule has 0 unspecified atom stereocenters. The Kier molecular flexibility index (Phi) is 4.94. The molecule has 1 aromatic rings. The molecule has 5 nitrogen and oxygen atoms in total. The minimum atomic E-state index is -0.966.